The average molecular weight is 539 g/mol. The lowest BCUT2D eigenvalue weighted by Crippen LogP contribution is -2.31. The first kappa shape index (κ1) is 25.1. The van der Waals surface area contributed by atoms with Crippen LogP contribution in [0.25, 0.3) is 11.1 Å². The highest BCUT2D eigenvalue weighted by atomic mass is 32.2. The maximum absolute atomic E-state index is 15.6. The van der Waals surface area contributed by atoms with Crippen LogP contribution in [0.5, 0.6) is 11.5 Å². The topological polar surface area (TPSA) is 77.8 Å². The van der Waals surface area contributed by atoms with Gasteiger partial charge in [-0.25, -0.2) is 13.6 Å². The summed E-state index contributed by atoms with van der Waals surface area (Å²) in [5.74, 6) is -3.56. The second-order valence-electron chi connectivity index (χ2n) is 8.52. The summed E-state index contributed by atoms with van der Waals surface area (Å²) >= 11 is 0.969. The van der Waals surface area contributed by atoms with E-state index < -0.39 is 52.9 Å². The molecule has 194 valence electrons. The molecule has 1 atom stereocenters. The van der Waals surface area contributed by atoms with Crippen molar-refractivity contribution in [3.05, 3.63) is 74.6 Å². The molecule has 0 saturated heterocycles. The molecule has 6 nitrogen and oxygen atoms in total. The molecule has 0 radical (unpaired) electrons. The van der Waals surface area contributed by atoms with Gasteiger partial charge in [-0.1, -0.05) is 6.07 Å². The van der Waals surface area contributed by atoms with Gasteiger partial charge in [0.25, 0.3) is 5.56 Å². The minimum atomic E-state index is -4.86. The van der Waals surface area contributed by atoms with Crippen LogP contribution >= 0.6 is 11.8 Å². The van der Waals surface area contributed by atoms with Crippen LogP contribution in [0.3, 0.4) is 0 Å². The summed E-state index contributed by atoms with van der Waals surface area (Å²) in [4.78, 5) is 25.5. The van der Waals surface area contributed by atoms with Crippen molar-refractivity contribution in [1.29, 1.82) is 0 Å². The monoisotopic (exact) mass is 539 g/mol. The lowest BCUT2D eigenvalue weighted by molar-refractivity contribution is -0.140. The summed E-state index contributed by atoms with van der Waals surface area (Å²) in [6, 6.07) is 3.91. The number of nitrogens with zero attached hydrogens (tertiary/aromatic N) is 1. The Kier molecular flexibility index (Phi) is 6.17. The number of carbonyl (C=O) groups is 1. The maximum atomic E-state index is 15.6. The molecule has 0 saturated carbocycles. The normalized spacial score (nSPS) is 16.5. The first-order valence-corrected chi connectivity index (χ1v) is 12.1. The van der Waals surface area contributed by atoms with Gasteiger partial charge in [0, 0.05) is 23.3 Å². The van der Waals surface area contributed by atoms with Gasteiger partial charge in [0.1, 0.15) is 25.1 Å². The largest absolute Gasteiger partial charge is 0.486 e. The average Bonchev–Trinajstić information content (AvgIpc) is 3.29. The van der Waals surface area contributed by atoms with Crippen LogP contribution in [0, 0.1) is 18.6 Å². The Morgan fingerprint density at radius 2 is 1.86 bits per heavy atom. The molecule has 1 aromatic heterocycles. The van der Waals surface area contributed by atoms with E-state index in [0.29, 0.717) is 0 Å². The van der Waals surface area contributed by atoms with Gasteiger partial charge in [-0.15, -0.1) is 11.8 Å². The number of aromatic nitrogens is 1. The second kappa shape index (κ2) is 9.09. The van der Waals surface area contributed by atoms with Crippen LogP contribution in [0.2, 0.25) is 0 Å². The van der Waals surface area contributed by atoms with Gasteiger partial charge in [0.2, 0.25) is 0 Å². The third-order valence-corrected chi connectivity index (χ3v) is 7.61. The molecule has 0 amide bonds. The summed E-state index contributed by atoms with van der Waals surface area (Å²) in [7, 11) is 0. The molecule has 12 heteroatoms. The molecule has 1 unspecified atom stereocenters. The van der Waals surface area contributed by atoms with Gasteiger partial charge in [-0.2, -0.15) is 13.2 Å². The molecule has 3 heterocycles. The Hall–Kier alpha value is -3.54. The molecule has 5 rings (SSSR count). The summed E-state index contributed by atoms with van der Waals surface area (Å²) < 4.78 is 83.1. The number of rotatable bonds is 4. The molecule has 0 fully saturated rings. The molecule has 2 aliphatic heterocycles. The number of thioether (sulfide) groups is 1. The van der Waals surface area contributed by atoms with E-state index in [4.69, 9.17) is 9.47 Å². The predicted molar refractivity (Wildman–Crippen MR) is 123 cm³/mol. The van der Waals surface area contributed by atoms with Gasteiger partial charge >= 0.3 is 12.1 Å². The third kappa shape index (κ3) is 4.12. The van der Waals surface area contributed by atoms with E-state index in [-0.39, 0.29) is 57.7 Å². The van der Waals surface area contributed by atoms with Gasteiger partial charge in [0.15, 0.2) is 17.3 Å². The van der Waals surface area contributed by atoms with Crippen molar-refractivity contribution < 1.29 is 41.3 Å². The van der Waals surface area contributed by atoms with E-state index >= 15 is 4.39 Å². The number of fused-ring (bicyclic) bond motifs is 2. The van der Waals surface area contributed by atoms with Gasteiger partial charge < -0.3 is 14.6 Å². The van der Waals surface area contributed by atoms with Crippen LogP contribution in [-0.2, 0) is 17.4 Å². The number of carboxylic acids is 1. The smallest absolute Gasteiger partial charge is 0.416 e. The Bertz CT molecular complexity index is 1500. The van der Waals surface area contributed by atoms with E-state index in [1.54, 1.807) is 0 Å². The van der Waals surface area contributed by atoms with E-state index in [2.05, 4.69) is 0 Å². The fourth-order valence-corrected chi connectivity index (χ4v) is 6.02. The Morgan fingerprint density at radius 3 is 2.57 bits per heavy atom. The first-order chi connectivity index (χ1) is 17.5. The zero-order valence-electron chi connectivity index (χ0n) is 19.1. The first-order valence-electron chi connectivity index (χ1n) is 11.1. The summed E-state index contributed by atoms with van der Waals surface area (Å²) in [6.45, 7) is 1.68. The Morgan fingerprint density at radius 1 is 1.14 bits per heavy atom. The number of ether oxygens (including phenoxy) is 2. The number of alkyl halides is 3. The number of halogens is 5. The molecule has 2 aliphatic rings. The number of aliphatic carboxylic acids is 1. The van der Waals surface area contributed by atoms with Gasteiger partial charge in [-0.3, -0.25) is 9.36 Å². The summed E-state index contributed by atoms with van der Waals surface area (Å²) in [6.07, 6.45) is -5.46. The fourth-order valence-electron chi connectivity index (χ4n) is 4.66. The number of carboxylic acid groups (broad SMARTS) is 1. The summed E-state index contributed by atoms with van der Waals surface area (Å²) in [5.41, 5.74) is -2.93. The summed E-state index contributed by atoms with van der Waals surface area (Å²) in [5, 5.41) is 9.82. The molecule has 2 aromatic carbocycles. The van der Waals surface area contributed by atoms with Crippen LogP contribution in [0.4, 0.5) is 22.0 Å². The molecule has 1 N–H and O–H groups in total. The number of pyridine rings is 1. The standard InChI is InChI=1S/C25H18F5NO5S/c1-11-13(9-14-15(25(28,29)30)3-2-4-16(14)26)23-31(17(10-37-23)24(33)34)22(32)19(11)12-5-6-18-21(20(12)27)36-8-7-35-18/h2-6,17H,7-10H2,1H3,(H,33,34). The highest BCUT2D eigenvalue weighted by Crippen LogP contribution is 2.44. The van der Waals surface area contributed by atoms with E-state index in [9.17, 15) is 32.3 Å². The van der Waals surface area contributed by atoms with Crippen molar-refractivity contribution in [1.82, 2.24) is 4.57 Å². The van der Waals surface area contributed by atoms with E-state index in [0.717, 1.165) is 34.5 Å². The minimum absolute atomic E-state index is 0.0615. The highest BCUT2D eigenvalue weighted by Gasteiger charge is 2.38. The molecule has 0 bridgehead atoms. The molecule has 0 spiro atoms. The zero-order valence-corrected chi connectivity index (χ0v) is 19.9. The van der Waals surface area contributed by atoms with Crippen molar-refractivity contribution in [3.63, 3.8) is 0 Å². The SMILES string of the molecule is Cc1c(Cc2c(F)cccc2C(F)(F)F)c2n(c(=O)c1-c1ccc3c(c1F)OCCO3)C(C(=O)O)CS2. The minimum Gasteiger partial charge on any atom is -0.486 e. The lowest BCUT2D eigenvalue weighted by Gasteiger charge is -2.23. The van der Waals surface area contributed by atoms with Crippen molar-refractivity contribution in [3.8, 4) is 22.6 Å². The number of hydrogen-bond acceptors (Lipinski definition) is 5. The number of hydrogen-bond donors (Lipinski definition) is 1. The predicted octanol–water partition coefficient (Wildman–Crippen LogP) is 5.21. The Balaban J connectivity index is 1.79. The van der Waals surface area contributed by atoms with Gasteiger partial charge in [0.05, 0.1) is 16.2 Å². The maximum Gasteiger partial charge on any atom is 0.416 e. The molecule has 3 aromatic rings. The van der Waals surface area contributed by atoms with Crippen molar-refractivity contribution in [2.75, 3.05) is 19.0 Å². The highest BCUT2D eigenvalue weighted by molar-refractivity contribution is 7.99. The quantitative estimate of drug-likeness (QED) is 0.459. The molecule has 0 aliphatic carbocycles. The molecular weight excluding hydrogens is 521 g/mol. The zero-order chi connectivity index (χ0) is 26.6. The van der Waals surface area contributed by atoms with Crippen LogP contribution in [-0.4, -0.2) is 34.6 Å². The van der Waals surface area contributed by atoms with E-state index in [1.165, 1.54) is 19.1 Å². The van der Waals surface area contributed by atoms with Crippen LogP contribution < -0.4 is 15.0 Å². The second-order valence-corrected chi connectivity index (χ2v) is 9.52. The molecular formula is C25H18F5NO5S. The van der Waals surface area contributed by atoms with Crippen LogP contribution in [0.1, 0.15) is 28.3 Å². The van der Waals surface area contributed by atoms with Crippen molar-refractivity contribution in [2.45, 2.75) is 30.6 Å². The van der Waals surface area contributed by atoms with Gasteiger partial charge in [-0.05, 0) is 42.3 Å². The Labute approximate surface area is 210 Å². The third-order valence-electron chi connectivity index (χ3n) is 6.41. The number of benzene rings is 2. The van der Waals surface area contributed by atoms with Crippen molar-refractivity contribution >= 4 is 17.7 Å². The lowest BCUT2D eigenvalue weighted by atomic mass is 9.92. The molecule has 37 heavy (non-hydrogen) atoms. The van der Waals surface area contributed by atoms with Crippen molar-refractivity contribution in [2.24, 2.45) is 0 Å². The fraction of sp³-hybridized carbons (Fsp3) is 0.280. The van der Waals surface area contributed by atoms with E-state index in [1.807, 2.05) is 0 Å². The van der Waals surface area contributed by atoms with Crippen LogP contribution in [0.15, 0.2) is 40.2 Å².